The molecule has 1 aromatic carbocycles. The Morgan fingerprint density at radius 3 is 2.95 bits per heavy atom. The lowest BCUT2D eigenvalue weighted by Crippen LogP contribution is -2.45. The molecule has 100 valence electrons. The number of amidine groups is 1. The Bertz CT molecular complexity index is 544. The van der Waals surface area contributed by atoms with Crippen molar-refractivity contribution >= 4 is 11.8 Å². The highest BCUT2D eigenvalue weighted by Crippen LogP contribution is 2.14. The van der Waals surface area contributed by atoms with Crippen LogP contribution in [-0.4, -0.2) is 28.6 Å². The number of nitrogens with one attached hydrogen (secondary N) is 2. The number of nitrogens with zero attached hydrogens (tertiary/aromatic N) is 3. The van der Waals surface area contributed by atoms with Gasteiger partial charge in [-0.05, 0) is 13.0 Å². The molecule has 0 bridgehead atoms. The molecule has 2 rings (SSSR count). The van der Waals surface area contributed by atoms with Gasteiger partial charge in [-0.2, -0.15) is 0 Å². The minimum Gasteiger partial charge on any atom is -0.462 e. The van der Waals surface area contributed by atoms with Gasteiger partial charge in [0, 0.05) is 10.7 Å². The van der Waals surface area contributed by atoms with Crippen LogP contribution in [0, 0.1) is 10.1 Å². The summed E-state index contributed by atoms with van der Waals surface area (Å²) in [5.74, 6) is -0.579. The third kappa shape index (κ3) is 2.45. The van der Waals surface area contributed by atoms with Crippen molar-refractivity contribution in [2.45, 2.75) is 6.92 Å². The minimum absolute atomic E-state index is 0.0198. The topological polar surface area (TPSA) is 109 Å². The molecule has 1 heterocycles. The van der Waals surface area contributed by atoms with E-state index < -0.39 is 11.0 Å². The molecule has 9 heteroatoms. The molecule has 0 aliphatic carbocycles. The van der Waals surface area contributed by atoms with Crippen molar-refractivity contribution < 1.29 is 14.6 Å². The van der Waals surface area contributed by atoms with Crippen LogP contribution in [0.5, 0.6) is 0 Å². The van der Waals surface area contributed by atoms with E-state index in [1.54, 1.807) is 25.1 Å². The van der Waals surface area contributed by atoms with Gasteiger partial charge in [0.15, 0.2) is 5.03 Å². The van der Waals surface area contributed by atoms with Crippen LogP contribution in [0.25, 0.3) is 0 Å². The van der Waals surface area contributed by atoms with Crippen LogP contribution in [0.4, 0.5) is 0 Å². The van der Waals surface area contributed by atoms with E-state index in [2.05, 4.69) is 16.2 Å². The summed E-state index contributed by atoms with van der Waals surface area (Å²) in [6.07, 6.45) is 0. The van der Waals surface area contributed by atoms with Gasteiger partial charge in [-0.15, -0.1) is 5.10 Å². The van der Waals surface area contributed by atoms with Crippen LogP contribution in [0.1, 0.15) is 22.8 Å². The lowest BCUT2D eigenvalue weighted by Gasteiger charge is -2.10. The lowest BCUT2D eigenvalue weighted by molar-refractivity contribution is -0.642. The minimum atomic E-state index is -0.694. The van der Waals surface area contributed by atoms with Crippen LogP contribution in [0.3, 0.4) is 0 Å². The Balaban J connectivity index is 2.40. The Labute approximate surface area is 107 Å². The normalized spacial score (nSPS) is 13.7. The van der Waals surface area contributed by atoms with Crippen molar-refractivity contribution in [2.24, 2.45) is 5.10 Å². The molecule has 1 aromatic rings. The quantitative estimate of drug-likeness (QED) is 0.449. The summed E-state index contributed by atoms with van der Waals surface area (Å²) in [7, 11) is 0. The number of ether oxygens (including phenoxy) is 1. The summed E-state index contributed by atoms with van der Waals surface area (Å²) in [6.45, 7) is 1.90. The summed E-state index contributed by atoms with van der Waals surface area (Å²) >= 11 is 0. The van der Waals surface area contributed by atoms with Gasteiger partial charge in [0.25, 0.3) is 0 Å². The molecule has 0 unspecified atom stereocenters. The average molecular weight is 265 g/mol. The number of hydrazine groups is 3. The standard InChI is InChI=1S/C10H11N5O4/c1-2-19-10(16)8-6-4-3-5-7(8)9-11-12-13-14(9)15(17)18/h3-6,12-13H,2H2,1H3. The predicted octanol–water partition coefficient (Wildman–Crippen LogP) is 0.0414. The fourth-order valence-electron chi connectivity index (χ4n) is 1.58. The highest BCUT2D eigenvalue weighted by molar-refractivity contribution is 6.07. The van der Waals surface area contributed by atoms with Crippen LogP contribution >= 0.6 is 0 Å². The Morgan fingerprint density at radius 1 is 1.53 bits per heavy atom. The van der Waals surface area contributed by atoms with E-state index in [0.717, 1.165) is 0 Å². The Kier molecular flexibility index (Phi) is 3.57. The summed E-state index contributed by atoms with van der Waals surface area (Å²) < 4.78 is 4.90. The van der Waals surface area contributed by atoms with Crippen LogP contribution in [0.15, 0.2) is 29.4 Å². The van der Waals surface area contributed by atoms with Gasteiger partial charge in [0.05, 0.1) is 12.2 Å². The van der Waals surface area contributed by atoms with Crippen molar-refractivity contribution in [3.05, 3.63) is 45.5 Å². The number of benzene rings is 1. The van der Waals surface area contributed by atoms with Crippen molar-refractivity contribution in [2.75, 3.05) is 6.61 Å². The molecule has 0 radical (unpaired) electrons. The highest BCUT2D eigenvalue weighted by Gasteiger charge is 2.31. The number of hydrogen-bond acceptors (Lipinski definition) is 7. The number of esters is 1. The molecule has 0 amide bonds. The fraction of sp³-hybridized carbons (Fsp3) is 0.200. The third-order valence-corrected chi connectivity index (χ3v) is 2.34. The molecule has 0 aromatic heterocycles. The molecule has 0 spiro atoms. The maximum absolute atomic E-state index is 11.8. The molecular weight excluding hydrogens is 254 g/mol. The van der Waals surface area contributed by atoms with E-state index in [1.165, 1.54) is 6.07 Å². The van der Waals surface area contributed by atoms with E-state index in [1.807, 2.05) is 0 Å². The van der Waals surface area contributed by atoms with Crippen LogP contribution in [-0.2, 0) is 4.74 Å². The van der Waals surface area contributed by atoms with E-state index in [-0.39, 0.29) is 18.0 Å². The van der Waals surface area contributed by atoms with E-state index in [0.29, 0.717) is 10.7 Å². The van der Waals surface area contributed by atoms with Gasteiger partial charge >= 0.3 is 5.97 Å². The van der Waals surface area contributed by atoms with Crippen LogP contribution < -0.4 is 11.1 Å². The molecule has 1 aliphatic rings. The fourth-order valence-corrected chi connectivity index (χ4v) is 1.58. The lowest BCUT2D eigenvalue weighted by atomic mass is 10.1. The van der Waals surface area contributed by atoms with E-state index in [4.69, 9.17) is 4.74 Å². The zero-order valence-corrected chi connectivity index (χ0v) is 9.99. The monoisotopic (exact) mass is 265 g/mol. The summed E-state index contributed by atoms with van der Waals surface area (Å²) in [6, 6.07) is 6.36. The van der Waals surface area contributed by atoms with Crippen molar-refractivity contribution in [3.63, 3.8) is 0 Å². The molecule has 2 N–H and O–H groups in total. The first-order valence-electron chi connectivity index (χ1n) is 5.44. The van der Waals surface area contributed by atoms with Gasteiger partial charge < -0.3 is 4.74 Å². The second kappa shape index (κ2) is 5.31. The Morgan fingerprint density at radius 2 is 2.26 bits per heavy atom. The zero-order chi connectivity index (χ0) is 13.8. The first-order valence-corrected chi connectivity index (χ1v) is 5.44. The molecule has 0 saturated heterocycles. The molecule has 9 nitrogen and oxygen atoms in total. The maximum Gasteiger partial charge on any atom is 0.338 e. The second-order valence-electron chi connectivity index (χ2n) is 3.47. The zero-order valence-electron chi connectivity index (χ0n) is 9.99. The Hall–Kier alpha value is -2.68. The van der Waals surface area contributed by atoms with Crippen molar-refractivity contribution in [1.82, 2.24) is 16.2 Å². The number of carbonyl (C=O) groups excluding carboxylic acids is 1. The average Bonchev–Trinajstić information content (AvgIpc) is 2.88. The molecule has 0 fully saturated rings. The van der Waals surface area contributed by atoms with Crippen LogP contribution in [0.2, 0.25) is 0 Å². The van der Waals surface area contributed by atoms with Gasteiger partial charge in [0.1, 0.15) is 0 Å². The van der Waals surface area contributed by atoms with E-state index in [9.17, 15) is 14.9 Å². The largest absolute Gasteiger partial charge is 0.462 e. The second-order valence-corrected chi connectivity index (χ2v) is 3.47. The van der Waals surface area contributed by atoms with Crippen molar-refractivity contribution in [1.29, 1.82) is 0 Å². The first-order chi connectivity index (χ1) is 9.15. The SMILES string of the molecule is CCOC(=O)c1ccccc1C1=NNNN1[N+](=O)[O-]. The number of hydrogen-bond donors (Lipinski definition) is 2. The number of nitro groups is 1. The molecular formula is C10H11N5O4. The molecule has 0 saturated carbocycles. The third-order valence-electron chi connectivity index (χ3n) is 2.34. The van der Waals surface area contributed by atoms with Gasteiger partial charge in [-0.3, -0.25) is 0 Å². The molecule has 19 heavy (non-hydrogen) atoms. The smallest absolute Gasteiger partial charge is 0.338 e. The molecule has 0 atom stereocenters. The number of carbonyl (C=O) groups is 1. The van der Waals surface area contributed by atoms with E-state index >= 15 is 0 Å². The maximum atomic E-state index is 11.8. The molecule has 1 aliphatic heterocycles. The van der Waals surface area contributed by atoms with Crippen molar-refractivity contribution in [3.8, 4) is 0 Å². The number of rotatable bonds is 4. The summed E-state index contributed by atoms with van der Waals surface area (Å²) in [4.78, 5) is 22.6. The van der Waals surface area contributed by atoms with Gasteiger partial charge in [-0.1, -0.05) is 23.7 Å². The predicted molar refractivity (Wildman–Crippen MR) is 64.0 cm³/mol. The first kappa shape index (κ1) is 12.8. The summed E-state index contributed by atoms with van der Waals surface area (Å²) in [5.41, 5.74) is 5.01. The summed E-state index contributed by atoms with van der Waals surface area (Å²) in [5, 5.41) is 14.5. The number of hydrazone groups is 1. The van der Waals surface area contributed by atoms with Gasteiger partial charge in [-0.25, -0.2) is 20.4 Å². The van der Waals surface area contributed by atoms with Gasteiger partial charge in [0.2, 0.25) is 5.84 Å². The highest BCUT2D eigenvalue weighted by atomic mass is 16.7.